The first-order chi connectivity index (χ1) is 15.0. The van der Waals surface area contributed by atoms with Gasteiger partial charge in [-0.3, -0.25) is 9.59 Å². The van der Waals surface area contributed by atoms with Crippen LogP contribution in [0.3, 0.4) is 0 Å². The number of carbonyl (C=O) groups is 2. The smallest absolute Gasteiger partial charge is 0.321 e. The summed E-state index contributed by atoms with van der Waals surface area (Å²) >= 11 is 0. The highest BCUT2D eigenvalue weighted by atomic mass is 16.6. The van der Waals surface area contributed by atoms with Gasteiger partial charge in [-0.05, 0) is 32.4 Å². The molecule has 0 spiro atoms. The highest BCUT2D eigenvalue weighted by molar-refractivity contribution is 5.81. The summed E-state index contributed by atoms with van der Waals surface area (Å²) in [6.45, 7) is 11.1. The van der Waals surface area contributed by atoms with Crippen LogP contribution in [0.25, 0.3) is 0 Å². The summed E-state index contributed by atoms with van der Waals surface area (Å²) in [5, 5.41) is 12.4. The lowest BCUT2D eigenvalue weighted by molar-refractivity contribution is -0.150. The number of hydrogen-bond acceptors (Lipinski definition) is 6. The highest BCUT2D eigenvalue weighted by Crippen LogP contribution is 2.05. The second-order valence-corrected chi connectivity index (χ2v) is 8.20. The van der Waals surface area contributed by atoms with Gasteiger partial charge in [-0.25, -0.2) is 0 Å². The summed E-state index contributed by atoms with van der Waals surface area (Å²) in [6.07, 6.45) is 11.6. The van der Waals surface area contributed by atoms with Gasteiger partial charge in [0.1, 0.15) is 12.6 Å². The molecule has 2 N–H and O–H groups in total. The fourth-order valence-electron chi connectivity index (χ4n) is 3.27. The van der Waals surface area contributed by atoms with Gasteiger partial charge in [0.2, 0.25) is 0 Å². The molecule has 0 saturated carbocycles. The van der Waals surface area contributed by atoms with Crippen LogP contribution in [-0.2, 0) is 19.1 Å². The number of rotatable bonds is 23. The number of esters is 1. The van der Waals surface area contributed by atoms with E-state index in [0.29, 0.717) is 19.8 Å². The molecule has 1 unspecified atom stereocenters. The standard InChI is InChI=1S/C24H48N2O5/c1-4-7-10-11-12-13-18-30-19-20-31-23(27)21-22(24(28)29)25-14-17-26(15-8-5-2)16-9-6-3/h22,25H,4-21H2,1-3H3,(H,28,29). The van der Waals surface area contributed by atoms with Gasteiger partial charge < -0.3 is 24.8 Å². The molecule has 0 aromatic rings. The van der Waals surface area contributed by atoms with Gasteiger partial charge in [0.15, 0.2) is 0 Å². The van der Waals surface area contributed by atoms with Crippen molar-refractivity contribution in [1.82, 2.24) is 10.2 Å². The Kier molecular flexibility index (Phi) is 21.2. The maximum Gasteiger partial charge on any atom is 0.321 e. The summed E-state index contributed by atoms with van der Waals surface area (Å²) in [6, 6.07) is -0.921. The minimum absolute atomic E-state index is 0.169. The van der Waals surface area contributed by atoms with Crippen LogP contribution in [0.2, 0.25) is 0 Å². The lowest BCUT2D eigenvalue weighted by atomic mass is 10.1. The summed E-state index contributed by atoms with van der Waals surface area (Å²) in [7, 11) is 0. The summed E-state index contributed by atoms with van der Waals surface area (Å²) in [4.78, 5) is 25.8. The third-order valence-corrected chi connectivity index (χ3v) is 5.28. The van der Waals surface area contributed by atoms with Crippen molar-refractivity contribution in [3.63, 3.8) is 0 Å². The molecule has 0 aliphatic heterocycles. The molecule has 0 fully saturated rings. The Morgan fingerprint density at radius 2 is 1.42 bits per heavy atom. The monoisotopic (exact) mass is 444 g/mol. The van der Waals surface area contributed by atoms with Gasteiger partial charge in [0.25, 0.3) is 0 Å². The number of carboxylic acid groups (broad SMARTS) is 1. The molecule has 31 heavy (non-hydrogen) atoms. The Balaban J connectivity index is 3.96. The fourth-order valence-corrected chi connectivity index (χ4v) is 3.27. The van der Waals surface area contributed by atoms with E-state index in [2.05, 4.69) is 31.0 Å². The molecule has 7 nitrogen and oxygen atoms in total. The zero-order valence-electron chi connectivity index (χ0n) is 20.3. The number of nitrogens with one attached hydrogen (secondary N) is 1. The Bertz CT molecular complexity index is 426. The number of carboxylic acids is 1. The molecule has 1 atom stereocenters. The van der Waals surface area contributed by atoms with E-state index in [9.17, 15) is 14.7 Å². The minimum Gasteiger partial charge on any atom is -0.480 e. The predicted octanol–water partition coefficient (Wildman–Crippen LogP) is 4.24. The van der Waals surface area contributed by atoms with Crippen molar-refractivity contribution >= 4 is 11.9 Å². The molecule has 0 radical (unpaired) electrons. The SMILES string of the molecule is CCCCCCCCOCCOC(=O)CC(NCCN(CCCC)CCCC)C(=O)O. The van der Waals surface area contributed by atoms with Crippen LogP contribution in [0.15, 0.2) is 0 Å². The lowest BCUT2D eigenvalue weighted by Crippen LogP contribution is -2.43. The average Bonchev–Trinajstić information content (AvgIpc) is 2.75. The number of unbranched alkanes of at least 4 members (excludes halogenated alkanes) is 7. The second kappa shape index (κ2) is 22.0. The molecule has 184 valence electrons. The average molecular weight is 445 g/mol. The second-order valence-electron chi connectivity index (χ2n) is 8.20. The van der Waals surface area contributed by atoms with E-state index >= 15 is 0 Å². The van der Waals surface area contributed by atoms with Crippen molar-refractivity contribution in [2.45, 2.75) is 97.4 Å². The number of nitrogens with zero attached hydrogens (tertiary/aromatic N) is 1. The first-order valence-corrected chi connectivity index (χ1v) is 12.5. The van der Waals surface area contributed by atoms with E-state index in [-0.39, 0.29) is 13.0 Å². The quantitative estimate of drug-likeness (QED) is 0.180. The number of hydrogen-bond donors (Lipinski definition) is 2. The van der Waals surface area contributed by atoms with E-state index in [4.69, 9.17) is 9.47 Å². The van der Waals surface area contributed by atoms with Crippen LogP contribution < -0.4 is 5.32 Å². The Morgan fingerprint density at radius 3 is 2.03 bits per heavy atom. The topological polar surface area (TPSA) is 88.1 Å². The van der Waals surface area contributed by atoms with Crippen LogP contribution >= 0.6 is 0 Å². The lowest BCUT2D eigenvalue weighted by Gasteiger charge is -2.23. The van der Waals surface area contributed by atoms with Crippen LogP contribution in [0.1, 0.15) is 91.4 Å². The first-order valence-electron chi connectivity index (χ1n) is 12.5. The van der Waals surface area contributed by atoms with Crippen molar-refractivity contribution in [2.75, 3.05) is 46.0 Å². The molecule has 0 aromatic heterocycles. The Labute approximate surface area is 190 Å². The van der Waals surface area contributed by atoms with Crippen molar-refractivity contribution in [1.29, 1.82) is 0 Å². The van der Waals surface area contributed by atoms with Crippen LogP contribution in [0.5, 0.6) is 0 Å². The molecule has 7 heteroatoms. The van der Waals surface area contributed by atoms with Gasteiger partial charge in [0.05, 0.1) is 13.0 Å². The van der Waals surface area contributed by atoms with E-state index in [1.807, 2.05) is 0 Å². The first kappa shape index (κ1) is 29.8. The number of carbonyl (C=O) groups excluding carboxylic acids is 1. The molecule has 0 bridgehead atoms. The van der Waals surface area contributed by atoms with Crippen molar-refractivity contribution in [3.05, 3.63) is 0 Å². The van der Waals surface area contributed by atoms with E-state index in [1.54, 1.807) is 0 Å². The predicted molar refractivity (Wildman–Crippen MR) is 125 cm³/mol. The molecule has 0 aromatic carbocycles. The Hall–Kier alpha value is -1.18. The van der Waals surface area contributed by atoms with E-state index in [1.165, 1.54) is 32.1 Å². The molecule has 0 amide bonds. The molecular formula is C24H48N2O5. The van der Waals surface area contributed by atoms with Gasteiger partial charge in [0, 0.05) is 19.7 Å². The van der Waals surface area contributed by atoms with Crippen molar-refractivity contribution in [2.24, 2.45) is 0 Å². The van der Waals surface area contributed by atoms with Crippen LogP contribution in [-0.4, -0.2) is 74.0 Å². The molecule has 0 heterocycles. The van der Waals surface area contributed by atoms with E-state index in [0.717, 1.165) is 51.7 Å². The third kappa shape index (κ3) is 19.2. The molecule has 0 aliphatic carbocycles. The van der Waals surface area contributed by atoms with Gasteiger partial charge in [-0.15, -0.1) is 0 Å². The fraction of sp³-hybridized carbons (Fsp3) is 0.917. The highest BCUT2D eigenvalue weighted by Gasteiger charge is 2.21. The van der Waals surface area contributed by atoms with Crippen molar-refractivity contribution in [3.8, 4) is 0 Å². The number of aliphatic carboxylic acids is 1. The number of ether oxygens (including phenoxy) is 2. The van der Waals surface area contributed by atoms with Gasteiger partial charge in [-0.1, -0.05) is 65.7 Å². The third-order valence-electron chi connectivity index (χ3n) is 5.28. The summed E-state index contributed by atoms with van der Waals surface area (Å²) < 4.78 is 10.6. The molecule has 0 aliphatic rings. The van der Waals surface area contributed by atoms with Crippen LogP contribution in [0.4, 0.5) is 0 Å². The van der Waals surface area contributed by atoms with Crippen molar-refractivity contribution < 1.29 is 24.2 Å². The summed E-state index contributed by atoms with van der Waals surface area (Å²) in [5.74, 6) is -1.53. The Morgan fingerprint density at radius 1 is 0.806 bits per heavy atom. The normalized spacial score (nSPS) is 12.3. The largest absolute Gasteiger partial charge is 0.480 e. The molecular weight excluding hydrogens is 396 g/mol. The zero-order valence-corrected chi connectivity index (χ0v) is 20.3. The van der Waals surface area contributed by atoms with Gasteiger partial charge in [-0.2, -0.15) is 0 Å². The zero-order chi connectivity index (χ0) is 23.2. The van der Waals surface area contributed by atoms with Gasteiger partial charge >= 0.3 is 11.9 Å². The molecule has 0 rings (SSSR count). The van der Waals surface area contributed by atoms with Crippen LogP contribution in [0, 0.1) is 0 Å². The molecule has 0 saturated heterocycles. The summed E-state index contributed by atoms with van der Waals surface area (Å²) in [5.41, 5.74) is 0. The maximum absolute atomic E-state index is 12.0. The minimum atomic E-state index is -1.02. The maximum atomic E-state index is 12.0. The van der Waals surface area contributed by atoms with E-state index < -0.39 is 18.0 Å².